The van der Waals surface area contributed by atoms with E-state index in [1.54, 1.807) is 12.4 Å². The van der Waals surface area contributed by atoms with Gasteiger partial charge in [0.1, 0.15) is 6.61 Å². The van der Waals surface area contributed by atoms with Gasteiger partial charge in [-0.2, -0.15) is 0 Å². The number of nitrogens with zero attached hydrogens (tertiary/aromatic N) is 2. The van der Waals surface area contributed by atoms with Crippen LogP contribution in [0.2, 0.25) is 0 Å². The van der Waals surface area contributed by atoms with Crippen molar-refractivity contribution in [3.63, 3.8) is 0 Å². The molecule has 0 spiro atoms. The molecule has 2 unspecified atom stereocenters. The second-order valence-electron chi connectivity index (χ2n) is 9.72. The molecule has 2 bridgehead atoms. The van der Waals surface area contributed by atoms with Crippen molar-refractivity contribution in [1.82, 2.24) is 9.88 Å². The Kier molecular flexibility index (Phi) is 5.35. The molecule has 2 aromatic carbocycles. The number of morpholine rings is 1. The van der Waals surface area contributed by atoms with E-state index in [4.69, 9.17) is 9.47 Å². The van der Waals surface area contributed by atoms with Gasteiger partial charge in [-0.25, -0.2) is 4.79 Å². The highest BCUT2D eigenvalue weighted by Crippen LogP contribution is 2.45. The summed E-state index contributed by atoms with van der Waals surface area (Å²) < 4.78 is 11.7. The van der Waals surface area contributed by atoms with Crippen molar-refractivity contribution in [2.24, 2.45) is 0 Å². The van der Waals surface area contributed by atoms with Gasteiger partial charge in [-0.05, 0) is 52.8 Å². The maximum Gasteiger partial charge on any atom is 0.410 e. The summed E-state index contributed by atoms with van der Waals surface area (Å²) in [6.45, 7) is 1.13. The fourth-order valence-corrected chi connectivity index (χ4v) is 6.07. The first-order valence-electron chi connectivity index (χ1n) is 11.9. The predicted molar refractivity (Wildman–Crippen MR) is 127 cm³/mol. The third-order valence-corrected chi connectivity index (χ3v) is 7.47. The number of piperidine rings is 1. The number of rotatable bonds is 4. The topological polar surface area (TPSA) is 71.9 Å². The first-order valence-corrected chi connectivity index (χ1v) is 11.9. The number of amides is 1. The van der Waals surface area contributed by atoms with Crippen LogP contribution in [0.15, 0.2) is 73.1 Å². The average Bonchev–Trinajstić information content (AvgIpc) is 3.16. The fraction of sp³-hybridized carbons (Fsp3) is 0.357. The summed E-state index contributed by atoms with van der Waals surface area (Å²) in [5, 5.41) is 11.4. The maximum atomic E-state index is 13.3. The Morgan fingerprint density at radius 1 is 0.971 bits per heavy atom. The van der Waals surface area contributed by atoms with Gasteiger partial charge in [0.15, 0.2) is 0 Å². The molecule has 3 aromatic rings. The Bertz CT molecular complexity index is 1140. The van der Waals surface area contributed by atoms with Crippen molar-refractivity contribution in [3.05, 3.63) is 89.7 Å². The number of fused-ring (bicyclic) bond motifs is 5. The molecule has 1 amide bonds. The Balaban J connectivity index is 1.17. The van der Waals surface area contributed by atoms with Gasteiger partial charge < -0.3 is 14.6 Å². The normalized spacial score (nSPS) is 25.5. The predicted octanol–water partition coefficient (Wildman–Crippen LogP) is 4.17. The van der Waals surface area contributed by atoms with Crippen molar-refractivity contribution in [2.45, 2.75) is 42.9 Å². The van der Waals surface area contributed by atoms with Crippen molar-refractivity contribution < 1.29 is 19.4 Å². The smallest absolute Gasteiger partial charge is 0.410 e. The number of aromatic nitrogens is 1. The maximum absolute atomic E-state index is 13.3. The largest absolute Gasteiger partial charge is 0.448 e. The summed E-state index contributed by atoms with van der Waals surface area (Å²) in [5.41, 5.74) is 5.00. The SMILES string of the molecule is O=C(OCC1c2ccccc2-c2ccccc21)N1C2COCC1CC(O)(Cc1ccncc1)C2. The zero-order chi connectivity index (χ0) is 23.1. The molecule has 174 valence electrons. The van der Waals surface area contributed by atoms with Crippen LogP contribution in [0.4, 0.5) is 4.79 Å². The summed E-state index contributed by atoms with van der Waals surface area (Å²) in [6.07, 6.45) is 4.65. The fourth-order valence-electron chi connectivity index (χ4n) is 6.07. The van der Waals surface area contributed by atoms with E-state index >= 15 is 0 Å². The number of ether oxygens (including phenoxy) is 2. The number of aliphatic hydroxyl groups is 1. The van der Waals surface area contributed by atoms with Crippen molar-refractivity contribution >= 4 is 6.09 Å². The zero-order valence-electron chi connectivity index (χ0n) is 19.0. The third kappa shape index (κ3) is 3.77. The van der Waals surface area contributed by atoms with Crippen LogP contribution in [0.25, 0.3) is 11.1 Å². The monoisotopic (exact) mass is 456 g/mol. The molecular formula is C28H28N2O4. The van der Waals surface area contributed by atoms with E-state index in [1.165, 1.54) is 22.3 Å². The first-order chi connectivity index (χ1) is 16.6. The quantitative estimate of drug-likeness (QED) is 0.638. The number of hydrogen-bond acceptors (Lipinski definition) is 5. The molecule has 1 N–H and O–H groups in total. The molecule has 3 heterocycles. The van der Waals surface area contributed by atoms with Gasteiger partial charge in [-0.1, -0.05) is 48.5 Å². The second-order valence-corrected chi connectivity index (χ2v) is 9.72. The standard InChI is InChI=1S/C28H28N2O4/c31-27(34-18-26-24-7-3-1-5-22(24)23-6-2-4-8-25(23)26)30-20-14-28(32,15-21(30)17-33-16-20)13-19-9-11-29-12-10-19/h1-12,20-21,26,32H,13-18H2. The van der Waals surface area contributed by atoms with Crippen molar-refractivity contribution in [1.29, 1.82) is 0 Å². The first kappa shape index (κ1) is 21.3. The number of pyridine rings is 1. The van der Waals surface area contributed by atoms with Crippen LogP contribution in [-0.2, 0) is 15.9 Å². The molecule has 1 aliphatic carbocycles. The van der Waals surface area contributed by atoms with Gasteiger partial charge in [0, 0.05) is 24.7 Å². The van der Waals surface area contributed by atoms with E-state index < -0.39 is 5.60 Å². The summed E-state index contributed by atoms with van der Waals surface area (Å²) in [7, 11) is 0. The Morgan fingerprint density at radius 3 is 2.18 bits per heavy atom. The Morgan fingerprint density at radius 2 is 1.56 bits per heavy atom. The van der Waals surface area contributed by atoms with E-state index in [0.717, 1.165) is 5.56 Å². The Labute approximate surface area is 199 Å². The lowest BCUT2D eigenvalue weighted by molar-refractivity contribution is -0.132. The molecule has 2 aliphatic heterocycles. The highest BCUT2D eigenvalue weighted by Gasteiger charge is 2.48. The number of carbonyl (C=O) groups excluding carboxylic acids is 1. The molecule has 6 heteroatoms. The van der Waals surface area contributed by atoms with Gasteiger partial charge in [-0.3, -0.25) is 9.88 Å². The molecule has 1 aromatic heterocycles. The van der Waals surface area contributed by atoms with Crippen LogP contribution in [0.3, 0.4) is 0 Å². The highest BCUT2D eigenvalue weighted by atomic mass is 16.6. The molecule has 2 fully saturated rings. The minimum absolute atomic E-state index is 0.0286. The molecule has 6 nitrogen and oxygen atoms in total. The molecule has 3 aliphatic rings. The molecule has 0 saturated carbocycles. The lowest BCUT2D eigenvalue weighted by Crippen LogP contribution is -2.64. The van der Waals surface area contributed by atoms with Gasteiger partial charge in [0.2, 0.25) is 0 Å². The zero-order valence-corrected chi connectivity index (χ0v) is 19.0. The van der Waals surface area contributed by atoms with E-state index in [9.17, 15) is 9.90 Å². The van der Waals surface area contributed by atoms with Crippen LogP contribution < -0.4 is 0 Å². The second kappa shape index (κ2) is 8.53. The van der Waals surface area contributed by atoms with E-state index in [2.05, 4.69) is 29.2 Å². The number of benzene rings is 2. The minimum Gasteiger partial charge on any atom is -0.448 e. The molecule has 34 heavy (non-hydrogen) atoms. The summed E-state index contributed by atoms with van der Waals surface area (Å²) in [4.78, 5) is 19.2. The summed E-state index contributed by atoms with van der Waals surface area (Å²) in [6, 6.07) is 20.1. The average molecular weight is 457 g/mol. The van der Waals surface area contributed by atoms with Gasteiger partial charge in [0.05, 0.1) is 30.9 Å². The van der Waals surface area contributed by atoms with Crippen LogP contribution in [0.5, 0.6) is 0 Å². The lowest BCUT2D eigenvalue weighted by atomic mass is 9.78. The highest BCUT2D eigenvalue weighted by molar-refractivity contribution is 5.79. The van der Waals surface area contributed by atoms with Gasteiger partial charge in [0.25, 0.3) is 0 Å². The summed E-state index contributed by atoms with van der Waals surface area (Å²) >= 11 is 0. The number of carbonyl (C=O) groups is 1. The van der Waals surface area contributed by atoms with Crippen LogP contribution >= 0.6 is 0 Å². The lowest BCUT2D eigenvalue weighted by Gasteiger charge is -2.51. The van der Waals surface area contributed by atoms with Crippen LogP contribution in [0.1, 0.15) is 35.4 Å². The molecule has 2 saturated heterocycles. The molecular weight excluding hydrogens is 428 g/mol. The molecule has 0 radical (unpaired) electrons. The van der Waals surface area contributed by atoms with E-state index in [0.29, 0.717) is 39.1 Å². The minimum atomic E-state index is -0.874. The van der Waals surface area contributed by atoms with Gasteiger partial charge in [-0.15, -0.1) is 0 Å². The summed E-state index contributed by atoms with van der Waals surface area (Å²) in [5.74, 6) is 0.0286. The Hall–Kier alpha value is -3.22. The molecule has 2 atom stereocenters. The van der Waals surface area contributed by atoms with Gasteiger partial charge >= 0.3 is 6.09 Å². The van der Waals surface area contributed by atoms with Crippen LogP contribution in [-0.4, -0.2) is 58.6 Å². The molecule has 6 rings (SSSR count). The van der Waals surface area contributed by atoms with Crippen LogP contribution in [0, 0.1) is 0 Å². The van der Waals surface area contributed by atoms with Crippen molar-refractivity contribution in [2.75, 3.05) is 19.8 Å². The van der Waals surface area contributed by atoms with E-state index in [1.807, 2.05) is 41.3 Å². The van der Waals surface area contributed by atoms with Crippen molar-refractivity contribution in [3.8, 4) is 11.1 Å². The number of hydrogen-bond donors (Lipinski definition) is 1. The third-order valence-electron chi connectivity index (χ3n) is 7.47. The van der Waals surface area contributed by atoms with E-state index in [-0.39, 0.29) is 24.1 Å².